The summed E-state index contributed by atoms with van der Waals surface area (Å²) in [5, 5.41) is 2.29. The number of hydrogen-bond donors (Lipinski definition) is 1. The molecule has 0 spiro atoms. The summed E-state index contributed by atoms with van der Waals surface area (Å²) < 4.78 is 68.6. The van der Waals surface area contributed by atoms with E-state index in [1.807, 2.05) is 44.2 Å². The van der Waals surface area contributed by atoms with Crippen molar-refractivity contribution in [2.24, 2.45) is 5.92 Å². The minimum absolute atomic E-state index is 0.156. The highest BCUT2D eigenvalue weighted by Gasteiger charge is 2.35. The molecule has 0 bridgehead atoms. The monoisotopic (exact) mass is 552 g/mol. The summed E-state index contributed by atoms with van der Waals surface area (Å²) in [5.74, 6) is -0.447. The predicted octanol–water partition coefficient (Wildman–Crippen LogP) is 6.77. The van der Waals surface area contributed by atoms with Gasteiger partial charge in [-0.05, 0) is 55.2 Å². The van der Waals surface area contributed by atoms with Gasteiger partial charge < -0.3 is 5.32 Å². The third-order valence-electron chi connectivity index (χ3n) is 5.68. The van der Waals surface area contributed by atoms with E-state index < -0.39 is 45.3 Å². The lowest BCUT2D eigenvalue weighted by molar-refractivity contribution is -0.137. The second-order valence-corrected chi connectivity index (χ2v) is 11.4. The molecule has 0 fully saturated rings. The molecule has 1 N–H and O–H groups in total. The van der Waals surface area contributed by atoms with Gasteiger partial charge in [-0.3, -0.25) is 9.10 Å². The summed E-state index contributed by atoms with van der Waals surface area (Å²) in [5.41, 5.74) is 0.113. The number of benzene rings is 3. The van der Waals surface area contributed by atoms with Crippen molar-refractivity contribution in [1.29, 1.82) is 0 Å². The first-order valence-corrected chi connectivity index (χ1v) is 13.4. The third-order valence-corrected chi connectivity index (χ3v) is 7.80. The van der Waals surface area contributed by atoms with E-state index in [0.29, 0.717) is 16.8 Å². The van der Waals surface area contributed by atoms with Crippen molar-refractivity contribution >= 4 is 33.2 Å². The first kappa shape index (κ1) is 28.5. The number of rotatable bonds is 9. The van der Waals surface area contributed by atoms with Crippen molar-refractivity contribution in [3.05, 3.63) is 94.5 Å². The first-order chi connectivity index (χ1) is 17.3. The maximum Gasteiger partial charge on any atom is 0.417 e. The number of carbonyl (C=O) groups is 1. The average Bonchev–Trinajstić information content (AvgIpc) is 2.82. The van der Waals surface area contributed by atoms with Crippen molar-refractivity contribution in [2.75, 3.05) is 10.8 Å². The topological polar surface area (TPSA) is 66.5 Å². The number of hydrogen-bond acceptors (Lipinski definition) is 3. The lowest BCUT2D eigenvalue weighted by Gasteiger charge is -2.27. The van der Waals surface area contributed by atoms with Gasteiger partial charge in [0.05, 0.1) is 27.2 Å². The van der Waals surface area contributed by atoms with Crippen LogP contribution in [0.4, 0.5) is 18.9 Å². The Balaban J connectivity index is 2.02. The smallest absolute Gasteiger partial charge is 0.348 e. The molecule has 5 nitrogen and oxygen atoms in total. The number of halogens is 4. The van der Waals surface area contributed by atoms with E-state index in [2.05, 4.69) is 5.32 Å². The Morgan fingerprint density at radius 1 is 1.00 bits per heavy atom. The van der Waals surface area contributed by atoms with Gasteiger partial charge in [-0.1, -0.05) is 73.5 Å². The fourth-order valence-corrected chi connectivity index (χ4v) is 5.48. The normalized spacial score (nSPS) is 12.9. The molecule has 37 heavy (non-hydrogen) atoms. The summed E-state index contributed by atoms with van der Waals surface area (Å²) in [6.45, 7) is 5.02. The fraction of sp³-hybridized carbons (Fsp3) is 0.296. The van der Waals surface area contributed by atoms with Crippen LogP contribution < -0.4 is 9.62 Å². The Morgan fingerprint density at radius 2 is 1.62 bits per heavy atom. The maximum absolute atomic E-state index is 13.6. The molecular weight excluding hydrogens is 525 g/mol. The highest BCUT2D eigenvalue weighted by Crippen LogP contribution is 2.38. The minimum Gasteiger partial charge on any atom is -0.348 e. The summed E-state index contributed by atoms with van der Waals surface area (Å²) in [6.07, 6.45) is -4.23. The number of anilines is 1. The fourth-order valence-electron chi connectivity index (χ4n) is 3.84. The second kappa shape index (κ2) is 11.6. The molecular formula is C27H28ClF3N2O3S. The lowest BCUT2D eigenvalue weighted by Crippen LogP contribution is -2.42. The van der Waals surface area contributed by atoms with Crippen LogP contribution in [0.25, 0.3) is 0 Å². The average molecular weight is 553 g/mol. The van der Waals surface area contributed by atoms with Gasteiger partial charge in [0.1, 0.15) is 6.54 Å². The second-order valence-electron chi connectivity index (χ2n) is 9.15. The molecule has 0 aliphatic heterocycles. The number of nitrogens with one attached hydrogen (secondary N) is 1. The maximum atomic E-state index is 13.6. The van der Waals surface area contributed by atoms with E-state index in [9.17, 15) is 26.4 Å². The van der Waals surface area contributed by atoms with E-state index in [0.717, 1.165) is 23.3 Å². The number of alkyl halides is 3. The van der Waals surface area contributed by atoms with Crippen LogP contribution in [-0.4, -0.2) is 20.9 Å². The number of amides is 1. The molecule has 3 rings (SSSR count). The molecule has 0 saturated carbocycles. The van der Waals surface area contributed by atoms with Crippen LogP contribution in [0.5, 0.6) is 0 Å². The number of nitrogens with zero attached hydrogens (tertiary/aromatic N) is 1. The van der Waals surface area contributed by atoms with Gasteiger partial charge in [0, 0.05) is 0 Å². The summed E-state index contributed by atoms with van der Waals surface area (Å²) >= 11 is 5.76. The summed E-state index contributed by atoms with van der Waals surface area (Å²) in [4.78, 5) is 13.1. The van der Waals surface area contributed by atoms with Gasteiger partial charge in [0.2, 0.25) is 5.91 Å². The Hall–Kier alpha value is -3.04. The van der Waals surface area contributed by atoms with E-state index in [-0.39, 0.29) is 16.5 Å². The predicted molar refractivity (Wildman–Crippen MR) is 139 cm³/mol. The van der Waals surface area contributed by atoms with Gasteiger partial charge in [-0.15, -0.1) is 0 Å². The molecule has 0 heterocycles. The van der Waals surface area contributed by atoms with Gasteiger partial charge in [-0.25, -0.2) is 8.42 Å². The van der Waals surface area contributed by atoms with Crippen molar-refractivity contribution in [3.63, 3.8) is 0 Å². The molecule has 1 unspecified atom stereocenters. The SMILES string of the molecule is Cc1ccc(S(=O)(=O)N(CC(=O)NC(CC(C)C)c2ccccc2)c2ccc(Cl)c(C(F)(F)F)c2)cc1. The van der Waals surface area contributed by atoms with Crippen LogP contribution in [0.3, 0.4) is 0 Å². The van der Waals surface area contributed by atoms with Crippen molar-refractivity contribution < 1.29 is 26.4 Å². The molecule has 1 atom stereocenters. The molecule has 10 heteroatoms. The van der Waals surface area contributed by atoms with Crippen LogP contribution in [-0.2, 0) is 21.0 Å². The van der Waals surface area contributed by atoms with Crippen molar-refractivity contribution in [2.45, 2.75) is 44.3 Å². The quantitative estimate of drug-likeness (QED) is 0.319. The third kappa shape index (κ3) is 7.26. The van der Waals surface area contributed by atoms with Crippen molar-refractivity contribution in [3.8, 4) is 0 Å². The standard InChI is InChI=1S/C27H28ClF3N2O3S/c1-18(2)15-25(20-7-5-4-6-8-20)32-26(34)17-33(37(35,36)22-12-9-19(3)10-13-22)21-11-14-24(28)23(16-21)27(29,30)31/h4-14,16,18,25H,15,17H2,1-3H3,(H,32,34). The summed E-state index contributed by atoms with van der Waals surface area (Å²) in [7, 11) is -4.40. The summed E-state index contributed by atoms with van der Waals surface area (Å²) in [6, 6.07) is 17.4. The molecule has 3 aromatic rings. The lowest BCUT2D eigenvalue weighted by atomic mass is 9.97. The highest BCUT2D eigenvalue weighted by atomic mass is 35.5. The molecule has 0 saturated heterocycles. The van der Waals surface area contributed by atoms with E-state index in [1.165, 1.54) is 12.1 Å². The highest BCUT2D eigenvalue weighted by molar-refractivity contribution is 7.92. The van der Waals surface area contributed by atoms with Crippen LogP contribution in [0, 0.1) is 12.8 Å². The van der Waals surface area contributed by atoms with Gasteiger partial charge in [-0.2, -0.15) is 13.2 Å². The number of carbonyl (C=O) groups excluding carboxylic acids is 1. The zero-order valence-electron chi connectivity index (χ0n) is 20.6. The molecule has 0 aliphatic carbocycles. The minimum atomic E-state index is -4.82. The van der Waals surface area contributed by atoms with Gasteiger partial charge in [0.25, 0.3) is 10.0 Å². The van der Waals surface area contributed by atoms with Crippen LogP contribution in [0.1, 0.15) is 43.0 Å². The molecule has 1 amide bonds. The Bertz CT molecular complexity index is 1330. The largest absolute Gasteiger partial charge is 0.417 e. The van der Waals surface area contributed by atoms with Gasteiger partial charge in [0.15, 0.2) is 0 Å². The number of sulfonamides is 1. The van der Waals surface area contributed by atoms with E-state index in [1.54, 1.807) is 19.1 Å². The molecule has 198 valence electrons. The first-order valence-electron chi connectivity index (χ1n) is 11.6. The Labute approximate surface area is 220 Å². The van der Waals surface area contributed by atoms with E-state index >= 15 is 0 Å². The Kier molecular flexibility index (Phi) is 8.92. The molecule has 0 aromatic heterocycles. The molecule has 0 radical (unpaired) electrons. The molecule has 3 aromatic carbocycles. The van der Waals surface area contributed by atoms with Crippen LogP contribution in [0.15, 0.2) is 77.7 Å². The van der Waals surface area contributed by atoms with Crippen LogP contribution in [0.2, 0.25) is 5.02 Å². The van der Waals surface area contributed by atoms with Gasteiger partial charge >= 0.3 is 6.18 Å². The molecule has 0 aliphatic rings. The zero-order valence-corrected chi connectivity index (χ0v) is 22.2. The Morgan fingerprint density at radius 3 is 2.19 bits per heavy atom. The van der Waals surface area contributed by atoms with Crippen LogP contribution >= 0.6 is 11.6 Å². The number of aryl methyl sites for hydroxylation is 1. The van der Waals surface area contributed by atoms with Crippen molar-refractivity contribution in [1.82, 2.24) is 5.32 Å². The van der Waals surface area contributed by atoms with E-state index in [4.69, 9.17) is 11.6 Å². The zero-order chi connectivity index (χ0) is 27.4.